The third-order valence-electron chi connectivity index (χ3n) is 4.83. The van der Waals surface area contributed by atoms with Crippen LogP contribution in [0.5, 0.6) is 0 Å². The number of nitrogens with one attached hydrogen (secondary N) is 2. The van der Waals surface area contributed by atoms with Gasteiger partial charge in [-0.05, 0) is 59.4 Å². The molecular formula is C20H20N4O5S4. The Morgan fingerprint density at radius 2 is 1.64 bits per heavy atom. The lowest BCUT2D eigenvalue weighted by Gasteiger charge is -2.18. The highest BCUT2D eigenvalue weighted by Crippen LogP contribution is 2.32. The van der Waals surface area contributed by atoms with Gasteiger partial charge in [0.25, 0.3) is 24.8 Å². The molecule has 174 valence electrons. The van der Waals surface area contributed by atoms with Crippen LogP contribution in [-0.4, -0.2) is 34.9 Å². The molecule has 0 atom stereocenters. The van der Waals surface area contributed by atoms with Gasteiger partial charge in [0.1, 0.15) is 4.21 Å². The third kappa shape index (κ3) is 4.62. The molecule has 0 saturated carbocycles. The van der Waals surface area contributed by atoms with Crippen molar-refractivity contribution < 1.29 is 16.8 Å². The van der Waals surface area contributed by atoms with E-state index in [-0.39, 0.29) is 25.2 Å². The first kappa shape index (κ1) is 23.3. The Morgan fingerprint density at radius 3 is 2.30 bits per heavy atom. The summed E-state index contributed by atoms with van der Waals surface area (Å²) in [4.78, 5) is 13.8. The van der Waals surface area contributed by atoms with Gasteiger partial charge in [0.15, 0.2) is 0 Å². The molecule has 33 heavy (non-hydrogen) atoms. The molecule has 0 fully saturated rings. The molecule has 2 aromatic carbocycles. The second-order valence-corrected chi connectivity index (χ2v) is 13.0. The van der Waals surface area contributed by atoms with E-state index in [9.17, 15) is 21.6 Å². The number of aromatic nitrogens is 1. The van der Waals surface area contributed by atoms with Gasteiger partial charge in [-0.15, -0.1) is 11.3 Å². The SMILES string of the molecule is CN(C)c1ccc(NS(=O)(=O)c2cccs2)c(NS(=O)(=O)c2ccc3c(c2)c(=O)sn3C)c1. The average molecular weight is 525 g/mol. The molecular weight excluding hydrogens is 505 g/mol. The van der Waals surface area contributed by atoms with E-state index in [2.05, 4.69) is 9.44 Å². The molecule has 4 rings (SSSR count). The van der Waals surface area contributed by atoms with E-state index < -0.39 is 20.0 Å². The van der Waals surface area contributed by atoms with Crippen molar-refractivity contribution in [2.45, 2.75) is 9.10 Å². The lowest BCUT2D eigenvalue weighted by Crippen LogP contribution is -2.18. The van der Waals surface area contributed by atoms with E-state index in [1.54, 1.807) is 53.6 Å². The number of thiophene rings is 1. The van der Waals surface area contributed by atoms with Gasteiger partial charge in [0.2, 0.25) is 0 Å². The van der Waals surface area contributed by atoms with Crippen LogP contribution in [0.2, 0.25) is 0 Å². The number of fused-ring (bicyclic) bond motifs is 1. The van der Waals surface area contributed by atoms with E-state index in [4.69, 9.17) is 0 Å². The molecule has 0 unspecified atom stereocenters. The zero-order chi connectivity index (χ0) is 24.0. The van der Waals surface area contributed by atoms with E-state index >= 15 is 0 Å². The molecule has 4 aromatic rings. The number of benzene rings is 2. The number of aryl methyl sites for hydroxylation is 1. The molecule has 0 spiro atoms. The maximum absolute atomic E-state index is 13.2. The van der Waals surface area contributed by atoms with Crippen molar-refractivity contribution in [2.75, 3.05) is 28.4 Å². The Hall–Kier alpha value is -2.87. The fourth-order valence-corrected chi connectivity index (χ4v) is 7.08. The fraction of sp³-hybridized carbons (Fsp3) is 0.150. The predicted molar refractivity (Wildman–Crippen MR) is 134 cm³/mol. The quantitative estimate of drug-likeness (QED) is 0.383. The molecule has 2 N–H and O–H groups in total. The van der Waals surface area contributed by atoms with Gasteiger partial charge < -0.3 is 4.90 Å². The average Bonchev–Trinajstić information content (AvgIpc) is 3.38. The molecule has 0 amide bonds. The Labute approximate surface area is 199 Å². The summed E-state index contributed by atoms with van der Waals surface area (Å²) in [5.74, 6) is 0. The maximum Gasteiger partial charge on any atom is 0.271 e. The summed E-state index contributed by atoms with van der Waals surface area (Å²) in [5.41, 5.74) is 1.42. The zero-order valence-electron chi connectivity index (χ0n) is 17.8. The number of anilines is 3. The number of hydrogen-bond acceptors (Lipinski definition) is 8. The lowest BCUT2D eigenvalue weighted by molar-refractivity contribution is 0.599. The maximum atomic E-state index is 13.2. The Kier molecular flexibility index (Phi) is 5.99. The van der Waals surface area contributed by atoms with Crippen LogP contribution in [-0.2, 0) is 27.1 Å². The van der Waals surface area contributed by atoms with Crippen LogP contribution in [0.4, 0.5) is 17.1 Å². The highest BCUT2D eigenvalue weighted by atomic mass is 32.2. The summed E-state index contributed by atoms with van der Waals surface area (Å²) in [7, 11) is -2.75. The Bertz CT molecular complexity index is 1600. The molecule has 9 nitrogen and oxygen atoms in total. The monoisotopic (exact) mass is 524 g/mol. The summed E-state index contributed by atoms with van der Waals surface area (Å²) >= 11 is 2.03. The topological polar surface area (TPSA) is 118 Å². The van der Waals surface area contributed by atoms with Crippen molar-refractivity contribution in [3.05, 3.63) is 63.4 Å². The van der Waals surface area contributed by atoms with Crippen LogP contribution in [0.3, 0.4) is 0 Å². The first-order valence-electron chi connectivity index (χ1n) is 9.48. The zero-order valence-corrected chi connectivity index (χ0v) is 21.0. The summed E-state index contributed by atoms with van der Waals surface area (Å²) in [5, 5.41) is 1.93. The molecule has 2 heterocycles. The summed E-state index contributed by atoms with van der Waals surface area (Å²) < 4.78 is 58.3. The summed E-state index contributed by atoms with van der Waals surface area (Å²) in [6, 6.07) is 12.1. The van der Waals surface area contributed by atoms with E-state index in [1.807, 2.05) is 0 Å². The van der Waals surface area contributed by atoms with Gasteiger partial charge in [0.05, 0.1) is 27.2 Å². The first-order chi connectivity index (χ1) is 15.5. The standard InChI is InChI=1S/C20H20N4O5S4/c1-23(2)13-6-8-16(21-33(28,29)19-5-4-10-30-19)17(11-13)22-32(26,27)14-7-9-18-15(12-14)20(25)31-24(18)3/h4-12,21-22H,1-3H3. The minimum Gasteiger partial charge on any atom is -0.378 e. The number of sulfonamides is 2. The predicted octanol–water partition coefficient (Wildman–Crippen LogP) is 3.33. The molecule has 0 bridgehead atoms. The van der Waals surface area contributed by atoms with E-state index in [0.717, 1.165) is 22.9 Å². The smallest absolute Gasteiger partial charge is 0.271 e. The summed E-state index contributed by atoms with van der Waals surface area (Å²) in [6.07, 6.45) is 0. The molecule has 0 radical (unpaired) electrons. The molecule has 0 aliphatic heterocycles. The fourth-order valence-electron chi connectivity index (χ4n) is 3.14. The van der Waals surface area contributed by atoms with Crippen molar-refractivity contribution in [3.8, 4) is 0 Å². The van der Waals surface area contributed by atoms with Crippen molar-refractivity contribution in [2.24, 2.45) is 7.05 Å². The van der Waals surface area contributed by atoms with Crippen molar-refractivity contribution >= 4 is 70.9 Å². The minimum absolute atomic E-state index is 0.0552. The summed E-state index contributed by atoms with van der Waals surface area (Å²) in [6.45, 7) is 0. The van der Waals surface area contributed by atoms with Crippen LogP contribution >= 0.6 is 22.9 Å². The molecule has 0 saturated heterocycles. The molecule has 0 aliphatic carbocycles. The van der Waals surface area contributed by atoms with Gasteiger partial charge in [-0.2, -0.15) is 0 Å². The molecule has 13 heteroatoms. The Morgan fingerprint density at radius 1 is 0.909 bits per heavy atom. The second-order valence-electron chi connectivity index (χ2n) is 7.32. The van der Waals surface area contributed by atoms with Crippen LogP contribution in [0.1, 0.15) is 0 Å². The lowest BCUT2D eigenvalue weighted by atomic mass is 10.2. The van der Waals surface area contributed by atoms with Gasteiger partial charge in [-0.25, -0.2) is 16.8 Å². The van der Waals surface area contributed by atoms with Crippen LogP contribution < -0.4 is 19.1 Å². The van der Waals surface area contributed by atoms with E-state index in [1.165, 1.54) is 30.3 Å². The van der Waals surface area contributed by atoms with Crippen LogP contribution in [0.25, 0.3) is 10.9 Å². The first-order valence-corrected chi connectivity index (χ1v) is 14.1. The molecule has 0 aliphatic rings. The second kappa shape index (κ2) is 8.48. The van der Waals surface area contributed by atoms with Gasteiger partial charge >= 0.3 is 0 Å². The van der Waals surface area contributed by atoms with Crippen LogP contribution in [0, 0.1) is 0 Å². The van der Waals surface area contributed by atoms with Crippen molar-refractivity contribution in [1.29, 1.82) is 0 Å². The van der Waals surface area contributed by atoms with Gasteiger partial charge in [-0.3, -0.25) is 18.2 Å². The normalized spacial score (nSPS) is 12.1. The number of rotatable bonds is 7. The largest absolute Gasteiger partial charge is 0.378 e. The minimum atomic E-state index is -4.13. The van der Waals surface area contributed by atoms with Crippen molar-refractivity contribution in [3.63, 3.8) is 0 Å². The third-order valence-corrected chi connectivity index (χ3v) is 9.81. The highest BCUT2D eigenvalue weighted by Gasteiger charge is 2.22. The molecule has 2 aromatic heterocycles. The van der Waals surface area contributed by atoms with Crippen molar-refractivity contribution in [1.82, 2.24) is 3.96 Å². The number of nitrogens with zero attached hydrogens (tertiary/aromatic N) is 2. The van der Waals surface area contributed by atoms with E-state index in [0.29, 0.717) is 16.6 Å². The number of hydrogen-bond donors (Lipinski definition) is 2. The highest BCUT2D eigenvalue weighted by molar-refractivity contribution is 7.94. The van der Waals surface area contributed by atoms with Gasteiger partial charge in [0, 0.05) is 26.8 Å². The van der Waals surface area contributed by atoms with Gasteiger partial charge in [-0.1, -0.05) is 6.07 Å². The Balaban J connectivity index is 1.76. The van der Waals surface area contributed by atoms with Crippen LogP contribution in [0.15, 0.2) is 67.8 Å².